The van der Waals surface area contributed by atoms with Crippen molar-refractivity contribution < 1.29 is 29.3 Å². The lowest BCUT2D eigenvalue weighted by Gasteiger charge is -2.21. The first-order valence-corrected chi connectivity index (χ1v) is 8.73. The first-order chi connectivity index (χ1) is 13.8. The van der Waals surface area contributed by atoms with Crippen molar-refractivity contribution >= 4 is 23.5 Å². The first kappa shape index (κ1) is 23.7. The topological polar surface area (TPSA) is 156 Å². The molecule has 1 aromatic heterocycles. The molecular formula is C19H20ClN3O6. The summed E-state index contributed by atoms with van der Waals surface area (Å²) < 4.78 is 11.4. The number of ether oxygens (including phenoxy) is 2. The number of carboxylic acids is 2. The number of aliphatic carboxylic acids is 2. The van der Waals surface area contributed by atoms with E-state index in [1.807, 2.05) is 12.1 Å². The number of pyridine rings is 1. The first-order valence-electron chi connectivity index (χ1n) is 8.35. The molecule has 1 unspecified atom stereocenters. The van der Waals surface area contributed by atoms with Crippen LogP contribution in [0.5, 0.6) is 11.6 Å². The lowest BCUT2D eigenvalue weighted by molar-refractivity contribution is -0.159. The predicted octanol–water partition coefficient (Wildman–Crippen LogP) is 2.63. The van der Waals surface area contributed by atoms with Gasteiger partial charge in [0.25, 0.3) is 0 Å². The van der Waals surface area contributed by atoms with Crippen LogP contribution in [0.15, 0.2) is 36.5 Å². The van der Waals surface area contributed by atoms with Gasteiger partial charge in [0.1, 0.15) is 17.9 Å². The molecule has 10 heteroatoms. The summed E-state index contributed by atoms with van der Waals surface area (Å²) in [5.41, 5.74) is 6.86. The number of carboxylic acid groups (broad SMARTS) is 2. The number of nitriles is 1. The summed E-state index contributed by atoms with van der Waals surface area (Å²) in [5.74, 6) is -2.71. The van der Waals surface area contributed by atoms with Crippen LogP contribution in [0.2, 0.25) is 5.02 Å². The van der Waals surface area contributed by atoms with Gasteiger partial charge in [-0.1, -0.05) is 11.6 Å². The van der Waals surface area contributed by atoms with Crippen molar-refractivity contribution in [3.05, 3.63) is 52.7 Å². The highest BCUT2D eigenvalue weighted by atomic mass is 35.5. The molecule has 0 spiro atoms. The molecule has 4 N–H and O–H groups in total. The number of hydrogen-bond donors (Lipinski definition) is 3. The van der Waals surface area contributed by atoms with Crippen LogP contribution in [0.4, 0.5) is 0 Å². The largest absolute Gasteiger partial charge is 0.484 e. The maximum absolute atomic E-state index is 9.24. The van der Waals surface area contributed by atoms with Crippen LogP contribution in [0.25, 0.3) is 0 Å². The number of methoxy groups -OCH3 is 1. The van der Waals surface area contributed by atoms with E-state index in [9.17, 15) is 5.26 Å². The van der Waals surface area contributed by atoms with E-state index in [0.29, 0.717) is 35.2 Å². The molecule has 0 radical (unpaired) electrons. The van der Waals surface area contributed by atoms with Gasteiger partial charge in [-0.05, 0) is 43.7 Å². The van der Waals surface area contributed by atoms with E-state index in [-0.39, 0.29) is 6.10 Å². The lowest BCUT2D eigenvalue weighted by Crippen LogP contribution is -2.13. The van der Waals surface area contributed by atoms with Crippen molar-refractivity contribution in [3.8, 4) is 17.7 Å². The molecule has 0 amide bonds. The number of halogens is 1. The fraction of sp³-hybridized carbons (Fsp3) is 0.263. The normalized spacial score (nSPS) is 10.7. The molecule has 1 aromatic carbocycles. The van der Waals surface area contributed by atoms with E-state index in [1.54, 1.807) is 31.5 Å². The summed E-state index contributed by atoms with van der Waals surface area (Å²) in [6.07, 6.45) is 2.77. The Morgan fingerprint density at radius 3 is 2.55 bits per heavy atom. The van der Waals surface area contributed by atoms with Crippen molar-refractivity contribution in [1.29, 1.82) is 5.26 Å². The highest BCUT2D eigenvalue weighted by Crippen LogP contribution is 2.33. The van der Waals surface area contributed by atoms with Gasteiger partial charge >= 0.3 is 11.9 Å². The molecule has 0 saturated carbocycles. The van der Waals surface area contributed by atoms with Gasteiger partial charge in [-0.3, -0.25) is 0 Å². The van der Waals surface area contributed by atoms with Crippen LogP contribution in [-0.4, -0.2) is 40.8 Å². The van der Waals surface area contributed by atoms with Gasteiger partial charge in [-0.25, -0.2) is 14.6 Å². The fourth-order valence-corrected chi connectivity index (χ4v) is 2.40. The summed E-state index contributed by atoms with van der Waals surface area (Å²) in [7, 11) is 1.56. The summed E-state index contributed by atoms with van der Waals surface area (Å²) in [5, 5.41) is 24.5. The molecule has 0 aliphatic carbocycles. The Morgan fingerprint density at radius 1 is 1.31 bits per heavy atom. The molecule has 9 nitrogen and oxygen atoms in total. The van der Waals surface area contributed by atoms with Gasteiger partial charge in [-0.15, -0.1) is 0 Å². The summed E-state index contributed by atoms with van der Waals surface area (Å²) in [6, 6.07) is 10.8. The zero-order chi connectivity index (χ0) is 21.8. The van der Waals surface area contributed by atoms with Crippen LogP contribution in [0.1, 0.15) is 30.1 Å². The van der Waals surface area contributed by atoms with Crippen LogP contribution < -0.4 is 15.2 Å². The van der Waals surface area contributed by atoms with Gasteiger partial charge in [0.15, 0.2) is 0 Å². The molecule has 2 aromatic rings. The number of rotatable bonds is 7. The Labute approximate surface area is 172 Å². The lowest BCUT2D eigenvalue weighted by atomic mass is 10.1. The predicted molar refractivity (Wildman–Crippen MR) is 104 cm³/mol. The van der Waals surface area contributed by atoms with Crippen molar-refractivity contribution in [2.75, 3.05) is 13.7 Å². The Kier molecular flexibility index (Phi) is 9.95. The van der Waals surface area contributed by atoms with E-state index in [1.165, 1.54) is 0 Å². The molecule has 1 atom stereocenters. The zero-order valence-electron chi connectivity index (χ0n) is 15.5. The third-order valence-electron chi connectivity index (χ3n) is 3.53. The standard InChI is InChI=1S/C17H18ClN3O2.C2H2O4/c1-22-17-14(4-3-9-21-17)15(5-2-8-19)23-16-10-13(18)7-6-12(16)11-20;3-1(4)2(5)6/h3-4,6-7,9-10,15H,2,5,8,19H2,1H3;(H,3,4)(H,5,6). The minimum absolute atomic E-state index is 0.326. The molecule has 0 saturated heterocycles. The van der Waals surface area contributed by atoms with E-state index < -0.39 is 11.9 Å². The Hall–Kier alpha value is -3.35. The molecular weight excluding hydrogens is 402 g/mol. The van der Waals surface area contributed by atoms with Crippen molar-refractivity contribution in [3.63, 3.8) is 0 Å². The Balaban J connectivity index is 0.000000612. The maximum Gasteiger partial charge on any atom is 0.414 e. The Morgan fingerprint density at radius 2 is 2.00 bits per heavy atom. The molecule has 0 aliphatic heterocycles. The molecule has 0 aliphatic rings. The minimum atomic E-state index is -1.82. The van der Waals surface area contributed by atoms with Crippen LogP contribution in [0, 0.1) is 11.3 Å². The number of aromatic nitrogens is 1. The van der Waals surface area contributed by atoms with Gasteiger partial charge < -0.3 is 25.4 Å². The van der Waals surface area contributed by atoms with Crippen LogP contribution in [-0.2, 0) is 9.59 Å². The molecule has 1 heterocycles. The van der Waals surface area contributed by atoms with Gasteiger partial charge in [0, 0.05) is 17.3 Å². The Bertz CT molecular complexity index is 872. The SMILES string of the molecule is COc1ncccc1C(CCCN)Oc1cc(Cl)ccc1C#N.O=C(O)C(=O)O. The van der Waals surface area contributed by atoms with E-state index in [0.717, 1.165) is 12.0 Å². The van der Waals surface area contributed by atoms with Crippen molar-refractivity contribution in [2.24, 2.45) is 5.73 Å². The number of carbonyl (C=O) groups is 2. The van der Waals surface area contributed by atoms with Crippen LogP contribution >= 0.6 is 11.6 Å². The summed E-state index contributed by atoms with van der Waals surface area (Å²) in [6.45, 7) is 0.545. The van der Waals surface area contributed by atoms with Gasteiger partial charge in [-0.2, -0.15) is 5.26 Å². The van der Waals surface area contributed by atoms with E-state index >= 15 is 0 Å². The average Bonchev–Trinajstić information content (AvgIpc) is 2.71. The highest BCUT2D eigenvalue weighted by molar-refractivity contribution is 6.30. The molecule has 29 heavy (non-hydrogen) atoms. The number of hydrogen-bond acceptors (Lipinski definition) is 7. The smallest absolute Gasteiger partial charge is 0.414 e. The molecule has 0 fully saturated rings. The van der Waals surface area contributed by atoms with Crippen LogP contribution in [0.3, 0.4) is 0 Å². The van der Waals surface area contributed by atoms with E-state index in [2.05, 4.69) is 11.1 Å². The highest BCUT2D eigenvalue weighted by Gasteiger charge is 2.20. The zero-order valence-corrected chi connectivity index (χ0v) is 16.3. The quantitative estimate of drug-likeness (QED) is 0.571. The second-order valence-corrected chi connectivity index (χ2v) is 5.94. The molecule has 154 valence electrons. The van der Waals surface area contributed by atoms with Gasteiger partial charge in [0.05, 0.1) is 18.2 Å². The van der Waals surface area contributed by atoms with E-state index in [4.69, 9.17) is 46.6 Å². The summed E-state index contributed by atoms with van der Waals surface area (Å²) in [4.78, 5) is 22.4. The molecule has 0 bridgehead atoms. The monoisotopic (exact) mass is 421 g/mol. The average molecular weight is 422 g/mol. The molecule has 2 rings (SSSR count). The second-order valence-electron chi connectivity index (χ2n) is 5.50. The van der Waals surface area contributed by atoms with Crippen molar-refractivity contribution in [1.82, 2.24) is 4.98 Å². The maximum atomic E-state index is 9.24. The fourth-order valence-electron chi connectivity index (χ4n) is 2.24. The third-order valence-corrected chi connectivity index (χ3v) is 3.76. The number of nitrogens with zero attached hydrogens (tertiary/aromatic N) is 2. The van der Waals surface area contributed by atoms with Crippen molar-refractivity contribution in [2.45, 2.75) is 18.9 Å². The number of benzene rings is 1. The second kappa shape index (κ2) is 12.2. The summed E-state index contributed by atoms with van der Waals surface area (Å²) >= 11 is 6.02. The minimum Gasteiger partial charge on any atom is -0.484 e. The third kappa shape index (κ3) is 7.65. The van der Waals surface area contributed by atoms with Gasteiger partial charge in [0.2, 0.25) is 5.88 Å². The number of nitrogens with two attached hydrogens (primary N) is 1.